The summed E-state index contributed by atoms with van der Waals surface area (Å²) in [6, 6.07) is 16.2. The highest BCUT2D eigenvalue weighted by atomic mass is 16.5. The summed E-state index contributed by atoms with van der Waals surface area (Å²) in [5, 5.41) is 2.74. The number of ether oxygens (including phenoxy) is 1. The van der Waals surface area contributed by atoms with Crippen LogP contribution < -0.4 is 11.0 Å². The number of aryl methyl sites for hydroxylation is 2. The number of fused-ring (bicyclic) bond motifs is 1. The first-order chi connectivity index (χ1) is 14.0. The van der Waals surface area contributed by atoms with Crippen LogP contribution in [0.25, 0.3) is 11.0 Å². The number of para-hydroxylation sites is 2. The quantitative estimate of drug-likeness (QED) is 0.592. The fraction of sp³-hybridized carbons (Fsp3) is 0.318. The Hall–Kier alpha value is -3.35. The highest BCUT2D eigenvalue weighted by molar-refractivity contribution is 5.84. The molecule has 0 spiro atoms. The molecular weight excluding hydrogens is 370 g/mol. The molecule has 0 aliphatic carbocycles. The number of hydrogen-bond acceptors (Lipinski definition) is 4. The zero-order valence-electron chi connectivity index (χ0n) is 16.6. The molecule has 0 aliphatic rings. The minimum atomic E-state index is -0.774. The van der Waals surface area contributed by atoms with Gasteiger partial charge in [0, 0.05) is 25.9 Å². The average Bonchev–Trinajstić information content (AvgIpc) is 3.02. The molecule has 1 heterocycles. The molecule has 1 atom stereocenters. The van der Waals surface area contributed by atoms with Crippen LogP contribution in [0.3, 0.4) is 0 Å². The van der Waals surface area contributed by atoms with Crippen LogP contribution in [0.15, 0.2) is 59.4 Å². The summed E-state index contributed by atoms with van der Waals surface area (Å²) in [5.41, 5.74) is 2.42. The van der Waals surface area contributed by atoms with E-state index >= 15 is 0 Å². The topological polar surface area (TPSA) is 82.3 Å². The number of nitrogens with one attached hydrogen (secondary N) is 1. The predicted molar refractivity (Wildman–Crippen MR) is 111 cm³/mol. The van der Waals surface area contributed by atoms with Crippen molar-refractivity contribution in [1.29, 1.82) is 0 Å². The number of carbonyl (C=O) groups is 2. The van der Waals surface area contributed by atoms with Crippen molar-refractivity contribution in [3.05, 3.63) is 70.6 Å². The van der Waals surface area contributed by atoms with E-state index in [0.717, 1.165) is 16.6 Å². The number of benzene rings is 2. The van der Waals surface area contributed by atoms with Gasteiger partial charge in [0.25, 0.3) is 0 Å². The van der Waals surface area contributed by atoms with E-state index < -0.39 is 12.0 Å². The van der Waals surface area contributed by atoms with Gasteiger partial charge in [-0.3, -0.25) is 13.9 Å². The second-order valence-electron chi connectivity index (χ2n) is 6.75. The van der Waals surface area contributed by atoms with Crippen molar-refractivity contribution < 1.29 is 14.3 Å². The first-order valence-electron chi connectivity index (χ1n) is 9.64. The number of nitrogens with zero attached hydrogens (tertiary/aromatic N) is 2. The molecule has 3 aromatic rings. The van der Waals surface area contributed by atoms with E-state index in [0.29, 0.717) is 13.0 Å². The molecule has 7 heteroatoms. The number of amides is 1. The summed E-state index contributed by atoms with van der Waals surface area (Å²) in [7, 11) is 1.30. The predicted octanol–water partition coefficient (Wildman–Crippen LogP) is 2.11. The van der Waals surface area contributed by atoms with Crippen LogP contribution >= 0.6 is 0 Å². The Bertz CT molecular complexity index is 1050. The molecule has 1 amide bonds. The van der Waals surface area contributed by atoms with Crippen molar-refractivity contribution in [3.8, 4) is 0 Å². The molecule has 0 aliphatic heterocycles. The maximum absolute atomic E-state index is 12.7. The summed E-state index contributed by atoms with van der Waals surface area (Å²) < 4.78 is 8.11. The van der Waals surface area contributed by atoms with E-state index in [2.05, 4.69) is 5.32 Å². The Kier molecular flexibility index (Phi) is 6.49. The lowest BCUT2D eigenvalue weighted by Crippen LogP contribution is -2.43. The maximum Gasteiger partial charge on any atom is 0.329 e. The van der Waals surface area contributed by atoms with E-state index in [4.69, 9.17) is 4.74 Å². The number of esters is 1. The molecule has 0 saturated carbocycles. The van der Waals surface area contributed by atoms with Gasteiger partial charge < -0.3 is 10.1 Å². The van der Waals surface area contributed by atoms with E-state index in [1.807, 2.05) is 61.5 Å². The van der Waals surface area contributed by atoms with Crippen molar-refractivity contribution in [1.82, 2.24) is 14.5 Å². The normalized spacial score (nSPS) is 11.9. The Balaban J connectivity index is 1.71. The van der Waals surface area contributed by atoms with Crippen LogP contribution in [0.5, 0.6) is 0 Å². The van der Waals surface area contributed by atoms with Crippen molar-refractivity contribution >= 4 is 22.9 Å². The molecule has 0 bridgehead atoms. The number of aromatic nitrogens is 2. The Labute approximate surface area is 168 Å². The molecule has 1 aromatic heterocycles. The Morgan fingerprint density at radius 2 is 1.62 bits per heavy atom. The number of hydrogen-bond donors (Lipinski definition) is 1. The third-order valence-electron chi connectivity index (χ3n) is 4.91. The summed E-state index contributed by atoms with van der Waals surface area (Å²) in [6.45, 7) is 2.70. The van der Waals surface area contributed by atoms with Crippen LogP contribution in [0, 0.1) is 0 Å². The van der Waals surface area contributed by atoms with Gasteiger partial charge >= 0.3 is 11.7 Å². The molecular formula is C22H25N3O4. The molecule has 29 heavy (non-hydrogen) atoms. The second kappa shape index (κ2) is 9.23. The van der Waals surface area contributed by atoms with Crippen LogP contribution in [0.2, 0.25) is 0 Å². The SMILES string of the molecule is CCn1c(=O)n(CCC(=O)N[C@@H](Cc2ccccc2)C(=O)OC)c2ccccc21. The lowest BCUT2D eigenvalue weighted by Gasteiger charge is -2.16. The molecule has 0 saturated heterocycles. The Morgan fingerprint density at radius 3 is 2.24 bits per heavy atom. The lowest BCUT2D eigenvalue weighted by molar-refractivity contribution is -0.145. The van der Waals surface area contributed by atoms with Gasteiger partial charge in [-0.2, -0.15) is 0 Å². The third kappa shape index (κ3) is 4.56. The summed E-state index contributed by atoms with van der Waals surface area (Å²) in [4.78, 5) is 37.3. The fourth-order valence-corrected chi connectivity index (χ4v) is 3.46. The first-order valence-corrected chi connectivity index (χ1v) is 9.64. The van der Waals surface area contributed by atoms with Gasteiger partial charge in [-0.1, -0.05) is 42.5 Å². The zero-order valence-corrected chi connectivity index (χ0v) is 16.6. The molecule has 0 unspecified atom stereocenters. The number of carbonyl (C=O) groups excluding carboxylic acids is 2. The number of methoxy groups -OCH3 is 1. The first kappa shape index (κ1) is 20.4. The monoisotopic (exact) mass is 395 g/mol. The van der Waals surface area contributed by atoms with Gasteiger partial charge in [0.05, 0.1) is 18.1 Å². The smallest absolute Gasteiger partial charge is 0.329 e. The van der Waals surface area contributed by atoms with E-state index in [-0.39, 0.29) is 24.6 Å². The fourth-order valence-electron chi connectivity index (χ4n) is 3.46. The van der Waals surface area contributed by atoms with Crippen molar-refractivity contribution in [2.75, 3.05) is 7.11 Å². The summed E-state index contributed by atoms with van der Waals surface area (Å²) in [6.07, 6.45) is 0.425. The van der Waals surface area contributed by atoms with Crippen molar-refractivity contribution in [2.24, 2.45) is 0 Å². The van der Waals surface area contributed by atoms with Crippen LogP contribution in [-0.4, -0.2) is 34.2 Å². The van der Waals surface area contributed by atoms with Gasteiger partial charge in [-0.25, -0.2) is 9.59 Å². The highest BCUT2D eigenvalue weighted by Gasteiger charge is 2.22. The molecule has 1 N–H and O–H groups in total. The molecule has 3 rings (SSSR count). The van der Waals surface area contributed by atoms with Gasteiger partial charge in [0.1, 0.15) is 6.04 Å². The zero-order chi connectivity index (χ0) is 20.8. The Morgan fingerprint density at radius 1 is 1.00 bits per heavy atom. The summed E-state index contributed by atoms with van der Waals surface area (Å²) >= 11 is 0. The number of imidazole rings is 1. The maximum atomic E-state index is 12.7. The molecule has 0 fully saturated rings. The number of rotatable bonds is 8. The van der Waals surface area contributed by atoms with Gasteiger partial charge in [-0.15, -0.1) is 0 Å². The van der Waals surface area contributed by atoms with E-state index in [9.17, 15) is 14.4 Å². The molecule has 0 radical (unpaired) electrons. The van der Waals surface area contributed by atoms with E-state index in [1.165, 1.54) is 7.11 Å². The molecule has 152 valence electrons. The largest absolute Gasteiger partial charge is 0.467 e. The van der Waals surface area contributed by atoms with Gasteiger partial charge in [0.2, 0.25) is 5.91 Å². The molecule has 2 aromatic carbocycles. The average molecular weight is 395 g/mol. The van der Waals surface area contributed by atoms with Gasteiger partial charge in [-0.05, 0) is 24.6 Å². The van der Waals surface area contributed by atoms with Crippen molar-refractivity contribution in [3.63, 3.8) is 0 Å². The third-order valence-corrected chi connectivity index (χ3v) is 4.91. The van der Waals surface area contributed by atoms with Crippen LogP contribution in [-0.2, 0) is 33.8 Å². The standard InChI is InChI=1S/C22H25N3O4/c1-3-24-18-11-7-8-12-19(18)25(22(24)28)14-13-20(26)23-17(21(27)29-2)15-16-9-5-4-6-10-16/h4-12,17H,3,13-15H2,1-2H3,(H,23,26)/t17-/m0/s1. The molecule has 7 nitrogen and oxygen atoms in total. The minimum Gasteiger partial charge on any atom is -0.467 e. The van der Waals surface area contributed by atoms with Crippen LogP contribution in [0.1, 0.15) is 18.9 Å². The highest BCUT2D eigenvalue weighted by Crippen LogP contribution is 2.13. The second-order valence-corrected chi connectivity index (χ2v) is 6.75. The van der Waals surface area contributed by atoms with Crippen molar-refractivity contribution in [2.45, 2.75) is 38.9 Å². The lowest BCUT2D eigenvalue weighted by atomic mass is 10.1. The van der Waals surface area contributed by atoms with Crippen LogP contribution in [0.4, 0.5) is 0 Å². The minimum absolute atomic E-state index is 0.0832. The van der Waals surface area contributed by atoms with E-state index in [1.54, 1.807) is 9.13 Å². The summed E-state index contributed by atoms with van der Waals surface area (Å²) in [5.74, 6) is -0.807. The van der Waals surface area contributed by atoms with Gasteiger partial charge in [0.15, 0.2) is 0 Å².